The maximum Gasteiger partial charge on any atom is 0.338 e. The lowest BCUT2D eigenvalue weighted by Gasteiger charge is -2.19. The number of esters is 1. The van der Waals surface area contributed by atoms with Gasteiger partial charge in [0.05, 0.1) is 15.5 Å². The van der Waals surface area contributed by atoms with E-state index in [4.69, 9.17) is 22.1 Å². The van der Waals surface area contributed by atoms with Crippen LogP contribution in [0.3, 0.4) is 0 Å². The third kappa shape index (κ3) is 3.33. The molecular formula is C11H13ClN2O4. The average molecular weight is 273 g/mol. The molecule has 1 rings (SSSR count). The summed E-state index contributed by atoms with van der Waals surface area (Å²) >= 11 is 5.74. The van der Waals surface area contributed by atoms with Crippen molar-refractivity contribution in [2.75, 3.05) is 5.73 Å². The zero-order valence-corrected chi connectivity index (χ0v) is 10.9. The van der Waals surface area contributed by atoms with Crippen molar-refractivity contribution in [3.63, 3.8) is 0 Å². The Labute approximate surface area is 109 Å². The second kappa shape index (κ2) is 4.81. The molecule has 0 saturated carbocycles. The Morgan fingerprint density at radius 3 is 2.44 bits per heavy atom. The van der Waals surface area contributed by atoms with Crippen LogP contribution in [0.4, 0.5) is 11.4 Å². The molecule has 0 radical (unpaired) electrons. The van der Waals surface area contributed by atoms with Crippen molar-refractivity contribution in [2.24, 2.45) is 0 Å². The number of ether oxygens (including phenoxy) is 1. The zero-order valence-electron chi connectivity index (χ0n) is 10.2. The molecule has 1 aromatic carbocycles. The van der Waals surface area contributed by atoms with E-state index in [0.29, 0.717) is 0 Å². The van der Waals surface area contributed by atoms with Crippen LogP contribution in [-0.2, 0) is 4.74 Å². The van der Waals surface area contributed by atoms with Crippen LogP contribution >= 0.6 is 11.6 Å². The van der Waals surface area contributed by atoms with Gasteiger partial charge in [-0.05, 0) is 26.8 Å². The van der Waals surface area contributed by atoms with Crippen LogP contribution in [0.5, 0.6) is 0 Å². The predicted octanol–water partition coefficient (Wildman–Crippen LogP) is 2.79. The number of anilines is 1. The first kappa shape index (κ1) is 14.2. The highest BCUT2D eigenvalue weighted by atomic mass is 35.5. The lowest BCUT2D eigenvalue weighted by atomic mass is 10.1. The van der Waals surface area contributed by atoms with Gasteiger partial charge in [-0.15, -0.1) is 0 Å². The Balaban J connectivity index is 3.19. The van der Waals surface area contributed by atoms with Crippen LogP contribution in [0.25, 0.3) is 0 Å². The highest BCUT2D eigenvalue weighted by Gasteiger charge is 2.23. The smallest absolute Gasteiger partial charge is 0.338 e. The van der Waals surface area contributed by atoms with Crippen LogP contribution in [0.15, 0.2) is 12.1 Å². The largest absolute Gasteiger partial charge is 0.456 e. The molecule has 1 aromatic rings. The van der Waals surface area contributed by atoms with Crippen LogP contribution in [0, 0.1) is 10.1 Å². The molecule has 0 bridgehead atoms. The number of nitrogen functional groups attached to an aromatic ring is 1. The zero-order chi connectivity index (χ0) is 14.1. The van der Waals surface area contributed by atoms with E-state index in [1.54, 1.807) is 20.8 Å². The number of nitrogens with two attached hydrogens (primary N) is 1. The van der Waals surface area contributed by atoms with Crippen molar-refractivity contribution in [1.29, 1.82) is 0 Å². The number of halogens is 1. The summed E-state index contributed by atoms with van der Waals surface area (Å²) in [4.78, 5) is 21.8. The normalized spacial score (nSPS) is 11.1. The number of hydrogen-bond acceptors (Lipinski definition) is 5. The standard InChI is InChI=1S/C11H13ClN2O4/c1-11(2,3)18-10(15)6-4-7(12)9(13)8(5-6)14(16)17/h4-5H,13H2,1-3H3. The van der Waals surface area contributed by atoms with Crippen molar-refractivity contribution < 1.29 is 14.5 Å². The molecule has 0 fully saturated rings. The first-order valence-electron chi connectivity index (χ1n) is 5.08. The maximum absolute atomic E-state index is 11.8. The van der Waals surface area contributed by atoms with E-state index in [2.05, 4.69) is 0 Å². The summed E-state index contributed by atoms with van der Waals surface area (Å²) in [5.74, 6) is -0.687. The Kier molecular flexibility index (Phi) is 3.81. The van der Waals surface area contributed by atoms with Crippen molar-refractivity contribution in [3.8, 4) is 0 Å². The third-order valence-electron chi connectivity index (χ3n) is 1.94. The van der Waals surface area contributed by atoms with Crippen molar-refractivity contribution >= 4 is 28.9 Å². The number of rotatable bonds is 2. The van der Waals surface area contributed by atoms with Gasteiger partial charge in [0.25, 0.3) is 5.69 Å². The van der Waals surface area contributed by atoms with Gasteiger partial charge in [-0.25, -0.2) is 4.79 Å². The molecule has 0 saturated heterocycles. The van der Waals surface area contributed by atoms with E-state index in [9.17, 15) is 14.9 Å². The Bertz CT molecular complexity index is 509. The summed E-state index contributed by atoms with van der Waals surface area (Å²) in [7, 11) is 0. The van der Waals surface area contributed by atoms with Crippen molar-refractivity contribution in [3.05, 3.63) is 32.8 Å². The molecule has 0 spiro atoms. The maximum atomic E-state index is 11.8. The summed E-state index contributed by atoms with van der Waals surface area (Å²) in [5.41, 5.74) is 4.17. The molecular weight excluding hydrogens is 260 g/mol. The van der Waals surface area contributed by atoms with E-state index < -0.39 is 22.2 Å². The number of carbonyl (C=O) groups is 1. The second-order valence-corrected chi connectivity index (χ2v) is 5.06. The van der Waals surface area contributed by atoms with Gasteiger partial charge in [0.15, 0.2) is 0 Å². The fourth-order valence-corrected chi connectivity index (χ4v) is 1.42. The summed E-state index contributed by atoms with van der Waals surface area (Å²) in [6, 6.07) is 2.30. The van der Waals surface area contributed by atoms with E-state index in [0.717, 1.165) is 6.07 Å². The summed E-state index contributed by atoms with van der Waals surface area (Å²) in [6.45, 7) is 5.08. The van der Waals surface area contributed by atoms with Crippen LogP contribution in [0.1, 0.15) is 31.1 Å². The minimum atomic E-state index is -0.699. The van der Waals surface area contributed by atoms with Gasteiger partial charge in [-0.2, -0.15) is 0 Å². The van der Waals surface area contributed by atoms with Gasteiger partial charge in [0, 0.05) is 6.07 Å². The first-order chi connectivity index (χ1) is 8.11. The monoisotopic (exact) mass is 272 g/mol. The molecule has 0 aliphatic carbocycles. The summed E-state index contributed by atoms with van der Waals surface area (Å²) in [5, 5.41) is 10.7. The lowest BCUT2D eigenvalue weighted by Crippen LogP contribution is -2.24. The molecule has 0 aliphatic rings. The average Bonchev–Trinajstić information content (AvgIpc) is 2.18. The molecule has 0 aromatic heterocycles. The minimum Gasteiger partial charge on any atom is -0.456 e. The Hall–Kier alpha value is -1.82. The third-order valence-corrected chi connectivity index (χ3v) is 2.25. The molecule has 7 heteroatoms. The van der Waals surface area contributed by atoms with Gasteiger partial charge in [0.1, 0.15) is 11.3 Å². The summed E-state index contributed by atoms with van der Waals surface area (Å²) < 4.78 is 5.09. The number of nitrogens with zero attached hydrogens (tertiary/aromatic N) is 1. The van der Waals surface area contributed by atoms with Gasteiger partial charge in [0.2, 0.25) is 0 Å². The predicted molar refractivity (Wildman–Crippen MR) is 67.7 cm³/mol. The van der Waals surface area contributed by atoms with Gasteiger partial charge in [-0.1, -0.05) is 11.6 Å². The number of hydrogen-bond donors (Lipinski definition) is 1. The Morgan fingerprint density at radius 2 is 2.00 bits per heavy atom. The number of carbonyl (C=O) groups excluding carboxylic acids is 1. The highest BCUT2D eigenvalue weighted by molar-refractivity contribution is 6.34. The highest BCUT2D eigenvalue weighted by Crippen LogP contribution is 2.31. The minimum absolute atomic E-state index is 0.00387. The van der Waals surface area contributed by atoms with Crippen LogP contribution in [0.2, 0.25) is 5.02 Å². The molecule has 0 unspecified atom stereocenters. The number of nitro groups is 1. The number of nitro benzene ring substituents is 1. The molecule has 0 atom stereocenters. The van der Waals surface area contributed by atoms with E-state index >= 15 is 0 Å². The molecule has 2 N–H and O–H groups in total. The van der Waals surface area contributed by atoms with E-state index in [-0.39, 0.29) is 16.3 Å². The first-order valence-corrected chi connectivity index (χ1v) is 5.46. The molecule has 98 valence electrons. The lowest BCUT2D eigenvalue weighted by molar-refractivity contribution is -0.383. The Morgan fingerprint density at radius 1 is 1.44 bits per heavy atom. The SMILES string of the molecule is CC(C)(C)OC(=O)c1cc(Cl)c(N)c([N+](=O)[O-])c1. The second-order valence-electron chi connectivity index (χ2n) is 4.65. The van der Waals surface area contributed by atoms with E-state index in [1.165, 1.54) is 6.07 Å². The quantitative estimate of drug-likeness (QED) is 0.386. The van der Waals surface area contributed by atoms with Crippen LogP contribution < -0.4 is 5.73 Å². The van der Waals surface area contributed by atoms with Gasteiger partial charge >= 0.3 is 5.97 Å². The molecule has 0 heterocycles. The molecule has 6 nitrogen and oxygen atoms in total. The van der Waals surface area contributed by atoms with Gasteiger partial charge < -0.3 is 10.5 Å². The summed E-state index contributed by atoms with van der Waals surface area (Å²) in [6.07, 6.45) is 0. The topological polar surface area (TPSA) is 95.5 Å². The van der Waals surface area contributed by atoms with Crippen LogP contribution in [-0.4, -0.2) is 16.5 Å². The van der Waals surface area contributed by atoms with Gasteiger partial charge in [-0.3, -0.25) is 10.1 Å². The van der Waals surface area contributed by atoms with Crippen molar-refractivity contribution in [1.82, 2.24) is 0 Å². The number of benzene rings is 1. The molecule has 0 amide bonds. The fourth-order valence-electron chi connectivity index (χ4n) is 1.21. The molecule has 0 aliphatic heterocycles. The fraction of sp³-hybridized carbons (Fsp3) is 0.364. The molecule has 18 heavy (non-hydrogen) atoms. The van der Waals surface area contributed by atoms with E-state index in [1.807, 2.05) is 0 Å². The van der Waals surface area contributed by atoms with Crippen molar-refractivity contribution in [2.45, 2.75) is 26.4 Å².